The summed E-state index contributed by atoms with van der Waals surface area (Å²) in [5.74, 6) is 0.366. The van der Waals surface area contributed by atoms with Crippen LogP contribution in [0.2, 0.25) is 0 Å². The molecular weight excluding hydrogens is 196 g/mol. The second kappa shape index (κ2) is 3.20. The zero-order chi connectivity index (χ0) is 7.40. The number of halogens is 1. The number of pyridine rings is 1. The molecule has 1 rings (SSSR count). The van der Waals surface area contributed by atoms with E-state index in [2.05, 4.69) is 30.9 Å². The summed E-state index contributed by atoms with van der Waals surface area (Å²) in [6.07, 6.45) is 1.56. The Kier molecular flexibility index (Phi) is 2.25. The molecule has 0 radical (unpaired) electrons. The zero-order valence-electron chi connectivity index (χ0n) is 4.90. The fraction of sp³-hybridized carbons (Fsp3) is 0. The van der Waals surface area contributed by atoms with Crippen molar-refractivity contribution in [2.75, 3.05) is 0 Å². The third-order valence-corrected chi connectivity index (χ3v) is 1.50. The van der Waals surface area contributed by atoms with Crippen molar-refractivity contribution in [3.63, 3.8) is 0 Å². The molecular formula is C5H3BrN4. The number of aromatic nitrogens is 1. The van der Waals surface area contributed by atoms with E-state index < -0.39 is 0 Å². The van der Waals surface area contributed by atoms with Crippen LogP contribution >= 0.6 is 15.9 Å². The molecule has 1 heterocycles. The molecule has 1 aromatic heterocycles. The van der Waals surface area contributed by atoms with Gasteiger partial charge in [0.2, 0.25) is 0 Å². The first-order chi connectivity index (χ1) is 4.84. The predicted octanol–water partition coefficient (Wildman–Crippen LogP) is 2.79. The molecule has 0 atom stereocenters. The summed E-state index contributed by atoms with van der Waals surface area (Å²) in [5.41, 5.74) is 8.04. The van der Waals surface area contributed by atoms with Gasteiger partial charge in [-0.1, -0.05) is 0 Å². The minimum absolute atomic E-state index is 0.366. The second-order valence-electron chi connectivity index (χ2n) is 1.50. The summed E-state index contributed by atoms with van der Waals surface area (Å²) in [5, 5.41) is 3.33. The number of nitrogens with zero attached hydrogens (tertiary/aromatic N) is 4. The molecule has 5 heteroatoms. The second-order valence-corrected chi connectivity index (χ2v) is 2.35. The molecule has 0 saturated heterocycles. The molecule has 0 spiro atoms. The highest BCUT2D eigenvalue weighted by molar-refractivity contribution is 9.10. The summed E-state index contributed by atoms with van der Waals surface area (Å²) in [6.45, 7) is 0. The molecule has 0 amide bonds. The van der Waals surface area contributed by atoms with Crippen LogP contribution in [0.5, 0.6) is 0 Å². The molecule has 0 N–H and O–H groups in total. The van der Waals surface area contributed by atoms with Crippen LogP contribution in [0.3, 0.4) is 0 Å². The van der Waals surface area contributed by atoms with Crippen molar-refractivity contribution >= 4 is 21.7 Å². The SMILES string of the molecule is [N-]=[N+]=Nc1ncccc1Br. The molecule has 10 heavy (non-hydrogen) atoms. The first-order valence-corrected chi connectivity index (χ1v) is 3.29. The Labute approximate surface area is 65.7 Å². The summed E-state index contributed by atoms with van der Waals surface area (Å²) in [4.78, 5) is 6.40. The predicted molar refractivity (Wildman–Crippen MR) is 40.7 cm³/mol. The summed E-state index contributed by atoms with van der Waals surface area (Å²) in [7, 11) is 0. The average molecular weight is 199 g/mol. The number of hydrogen-bond acceptors (Lipinski definition) is 2. The molecule has 0 fully saturated rings. The molecule has 50 valence electrons. The maximum Gasteiger partial charge on any atom is 0.140 e. The van der Waals surface area contributed by atoms with E-state index >= 15 is 0 Å². The molecule has 0 saturated carbocycles. The lowest BCUT2D eigenvalue weighted by molar-refractivity contribution is 1.24. The standard InChI is InChI=1S/C5H3BrN4/c6-4-2-1-3-8-5(4)9-10-7/h1-3H. The summed E-state index contributed by atoms with van der Waals surface area (Å²) in [6, 6.07) is 3.51. The van der Waals surface area contributed by atoms with E-state index in [0.29, 0.717) is 10.3 Å². The Morgan fingerprint density at radius 2 is 2.50 bits per heavy atom. The molecule has 0 aromatic carbocycles. The van der Waals surface area contributed by atoms with Gasteiger partial charge < -0.3 is 0 Å². The third kappa shape index (κ3) is 1.46. The van der Waals surface area contributed by atoms with Crippen molar-refractivity contribution in [2.24, 2.45) is 5.11 Å². The topological polar surface area (TPSA) is 61.7 Å². The maximum atomic E-state index is 8.04. The minimum Gasteiger partial charge on any atom is -0.253 e. The Balaban J connectivity index is 3.14. The number of rotatable bonds is 1. The van der Waals surface area contributed by atoms with Crippen LogP contribution in [0.15, 0.2) is 27.9 Å². The van der Waals surface area contributed by atoms with Crippen molar-refractivity contribution in [3.05, 3.63) is 33.2 Å². The van der Waals surface area contributed by atoms with Gasteiger partial charge in [-0.05, 0) is 38.7 Å². The number of hydrogen-bond donors (Lipinski definition) is 0. The van der Waals surface area contributed by atoms with Crippen LogP contribution in [0.25, 0.3) is 10.4 Å². The average Bonchev–Trinajstić information content (AvgIpc) is 1.94. The van der Waals surface area contributed by atoms with Crippen molar-refractivity contribution in [3.8, 4) is 0 Å². The highest BCUT2D eigenvalue weighted by atomic mass is 79.9. The summed E-state index contributed by atoms with van der Waals surface area (Å²) < 4.78 is 0.702. The maximum absolute atomic E-state index is 8.04. The molecule has 0 aliphatic heterocycles. The van der Waals surface area contributed by atoms with Gasteiger partial charge in [0.15, 0.2) is 0 Å². The molecule has 4 nitrogen and oxygen atoms in total. The molecule has 0 aliphatic carbocycles. The largest absolute Gasteiger partial charge is 0.253 e. The Hall–Kier alpha value is -1.06. The van der Waals surface area contributed by atoms with Gasteiger partial charge in [0, 0.05) is 15.6 Å². The third-order valence-electron chi connectivity index (χ3n) is 0.878. The fourth-order valence-electron chi connectivity index (χ4n) is 0.493. The molecule has 0 unspecified atom stereocenters. The van der Waals surface area contributed by atoms with Crippen LogP contribution in [0.4, 0.5) is 5.82 Å². The van der Waals surface area contributed by atoms with Crippen LogP contribution in [-0.2, 0) is 0 Å². The van der Waals surface area contributed by atoms with Gasteiger partial charge in [0.05, 0.1) is 0 Å². The van der Waals surface area contributed by atoms with Crippen molar-refractivity contribution in [1.29, 1.82) is 0 Å². The fourth-order valence-corrected chi connectivity index (χ4v) is 0.828. The van der Waals surface area contributed by atoms with Gasteiger partial charge in [-0.2, -0.15) is 0 Å². The Morgan fingerprint density at radius 3 is 3.10 bits per heavy atom. The zero-order valence-corrected chi connectivity index (χ0v) is 6.48. The van der Waals surface area contributed by atoms with E-state index in [0.717, 1.165) is 0 Å². The van der Waals surface area contributed by atoms with Crippen LogP contribution in [-0.4, -0.2) is 4.98 Å². The first kappa shape index (κ1) is 7.05. The minimum atomic E-state index is 0.366. The monoisotopic (exact) mass is 198 g/mol. The molecule has 0 bridgehead atoms. The Morgan fingerprint density at radius 1 is 1.70 bits per heavy atom. The van der Waals surface area contributed by atoms with Crippen molar-refractivity contribution in [1.82, 2.24) is 4.98 Å². The quantitative estimate of drug-likeness (QED) is 0.389. The van der Waals surface area contributed by atoms with Gasteiger partial charge in [0.1, 0.15) is 5.82 Å². The summed E-state index contributed by atoms with van der Waals surface area (Å²) >= 11 is 3.17. The van der Waals surface area contributed by atoms with Gasteiger partial charge in [-0.3, -0.25) is 4.98 Å². The van der Waals surface area contributed by atoms with Crippen LogP contribution < -0.4 is 0 Å². The van der Waals surface area contributed by atoms with E-state index in [4.69, 9.17) is 5.53 Å². The van der Waals surface area contributed by atoms with E-state index in [1.54, 1.807) is 18.3 Å². The van der Waals surface area contributed by atoms with Gasteiger partial charge >= 0.3 is 0 Å². The van der Waals surface area contributed by atoms with E-state index in [-0.39, 0.29) is 0 Å². The van der Waals surface area contributed by atoms with E-state index in [1.807, 2.05) is 0 Å². The normalized spacial score (nSPS) is 8.50. The Bertz CT molecular complexity index is 279. The molecule has 0 aliphatic rings. The van der Waals surface area contributed by atoms with Gasteiger partial charge in [-0.25, -0.2) is 0 Å². The highest BCUT2D eigenvalue weighted by Gasteiger charge is 1.93. The smallest absolute Gasteiger partial charge is 0.140 e. The lowest BCUT2D eigenvalue weighted by Crippen LogP contribution is -1.71. The van der Waals surface area contributed by atoms with Crippen molar-refractivity contribution in [2.45, 2.75) is 0 Å². The van der Waals surface area contributed by atoms with Crippen LogP contribution in [0, 0.1) is 0 Å². The lowest BCUT2D eigenvalue weighted by atomic mass is 10.5. The lowest BCUT2D eigenvalue weighted by Gasteiger charge is -1.90. The highest BCUT2D eigenvalue weighted by Crippen LogP contribution is 2.20. The van der Waals surface area contributed by atoms with Crippen LogP contribution in [0.1, 0.15) is 0 Å². The molecule has 1 aromatic rings. The number of azide groups is 1. The van der Waals surface area contributed by atoms with Gasteiger partial charge in [-0.15, -0.1) is 0 Å². The first-order valence-electron chi connectivity index (χ1n) is 2.50. The van der Waals surface area contributed by atoms with Gasteiger partial charge in [0.25, 0.3) is 0 Å². The van der Waals surface area contributed by atoms with Crippen molar-refractivity contribution < 1.29 is 0 Å². The van der Waals surface area contributed by atoms with E-state index in [9.17, 15) is 0 Å². The van der Waals surface area contributed by atoms with E-state index in [1.165, 1.54) is 0 Å².